The van der Waals surface area contributed by atoms with Gasteiger partial charge in [-0.3, -0.25) is 14.3 Å². The number of aromatic nitrogens is 6. The van der Waals surface area contributed by atoms with Crippen LogP contribution in [0.3, 0.4) is 0 Å². The zero-order valence-electron chi connectivity index (χ0n) is 38.5. The number of benzene rings is 4. The molecule has 0 atom stereocenters. The number of halogens is 4. The molecule has 4 N–H and O–H groups in total. The Balaban J connectivity index is 0.000000152. The van der Waals surface area contributed by atoms with Crippen LogP contribution >= 0.6 is 45.9 Å². The Bertz CT molecular complexity index is 3530. The number of carboxylic acid groups (broad SMARTS) is 1. The van der Waals surface area contributed by atoms with Crippen molar-refractivity contribution >= 4 is 101 Å². The lowest BCUT2D eigenvalue weighted by molar-refractivity contribution is -0.138. The highest BCUT2D eigenvalue weighted by Gasteiger charge is 2.28. The van der Waals surface area contributed by atoms with Crippen molar-refractivity contribution in [3.8, 4) is 21.9 Å². The number of nitrogens with two attached hydrogens (primary N) is 1. The summed E-state index contributed by atoms with van der Waals surface area (Å²) >= 11 is 15.6. The Morgan fingerprint density at radius 2 is 1.49 bits per heavy atom. The molecule has 11 rings (SSSR count). The van der Waals surface area contributed by atoms with E-state index in [1.54, 1.807) is 94.5 Å². The quantitative estimate of drug-likeness (QED) is 0.0822. The Morgan fingerprint density at radius 3 is 2.15 bits per heavy atom. The Morgan fingerprint density at radius 1 is 0.819 bits per heavy atom. The third kappa shape index (κ3) is 11.3. The minimum absolute atomic E-state index is 0.162. The summed E-state index contributed by atoms with van der Waals surface area (Å²) in [5, 5.41) is 19.7. The van der Waals surface area contributed by atoms with Gasteiger partial charge < -0.3 is 30.5 Å². The van der Waals surface area contributed by atoms with Crippen molar-refractivity contribution in [3.05, 3.63) is 171 Å². The van der Waals surface area contributed by atoms with Crippen LogP contribution in [0.1, 0.15) is 39.2 Å². The van der Waals surface area contributed by atoms with Crippen LogP contribution in [0.15, 0.2) is 116 Å². The lowest BCUT2D eigenvalue weighted by Gasteiger charge is -2.16. The van der Waals surface area contributed by atoms with Crippen molar-refractivity contribution in [2.45, 2.75) is 45.4 Å². The van der Waals surface area contributed by atoms with E-state index in [0.717, 1.165) is 76.7 Å². The van der Waals surface area contributed by atoms with Gasteiger partial charge in [-0.2, -0.15) is 5.10 Å². The molecule has 0 amide bonds. The monoisotopic (exact) mass is 1050 g/mol. The van der Waals surface area contributed by atoms with Gasteiger partial charge in [-0.1, -0.05) is 47.5 Å². The average Bonchev–Trinajstić information content (AvgIpc) is 4.06. The van der Waals surface area contributed by atoms with Gasteiger partial charge in [0.25, 0.3) is 0 Å². The number of aryl methyl sites for hydroxylation is 2. The maximum atomic E-state index is 13.4. The molecule has 0 unspecified atom stereocenters. The van der Waals surface area contributed by atoms with Gasteiger partial charge in [-0.25, -0.2) is 28.7 Å². The van der Waals surface area contributed by atoms with Crippen LogP contribution in [0.4, 0.5) is 26.0 Å². The first-order chi connectivity index (χ1) is 34.8. The fraction of sp³-hybridized carbons (Fsp3) is 0.173. The molecular formula is C52H43Cl2F2N9O5S2. The normalized spacial score (nSPS) is 13.0. The molecule has 2 aliphatic rings. The van der Waals surface area contributed by atoms with Crippen LogP contribution in [-0.4, -0.2) is 65.6 Å². The van der Waals surface area contributed by atoms with E-state index < -0.39 is 5.97 Å². The zero-order chi connectivity index (χ0) is 50.5. The van der Waals surface area contributed by atoms with E-state index in [-0.39, 0.29) is 37.2 Å². The summed E-state index contributed by atoms with van der Waals surface area (Å²) in [5.74, 6) is 0.380. The molecule has 0 fully saturated rings. The molecule has 0 spiro atoms. The van der Waals surface area contributed by atoms with Crippen LogP contribution < -0.4 is 20.5 Å². The number of nitrogens with one attached hydrogen (secondary N) is 1. The molecule has 0 radical (unpaired) electrons. The Kier molecular flexibility index (Phi) is 15.0. The van der Waals surface area contributed by atoms with E-state index in [9.17, 15) is 23.5 Å². The number of hydrogen-bond donors (Lipinski definition) is 3. The van der Waals surface area contributed by atoms with Gasteiger partial charge in [0, 0.05) is 70.7 Å². The summed E-state index contributed by atoms with van der Waals surface area (Å²) in [5.41, 5.74) is 13.3. The molecule has 0 bridgehead atoms. The van der Waals surface area contributed by atoms with Crippen LogP contribution in [-0.2, 0) is 48.6 Å². The number of nitrogen functional groups attached to an aromatic ring is 1. The third-order valence-corrected chi connectivity index (χ3v) is 14.4. The van der Waals surface area contributed by atoms with Crippen molar-refractivity contribution in [3.63, 3.8) is 0 Å². The van der Waals surface area contributed by atoms with E-state index in [0.29, 0.717) is 51.5 Å². The number of rotatable bonds is 11. The molecule has 366 valence electrons. The van der Waals surface area contributed by atoms with Gasteiger partial charge in [0.15, 0.2) is 5.78 Å². The summed E-state index contributed by atoms with van der Waals surface area (Å²) in [6, 6.07) is 22.8. The number of Topliss-reactive ketones (excluding diaryl/α,β-unsaturated/α-hetero) is 1. The second kappa shape index (κ2) is 21.9. The van der Waals surface area contributed by atoms with Crippen molar-refractivity contribution in [2.24, 2.45) is 0 Å². The molecule has 5 heterocycles. The van der Waals surface area contributed by atoms with Crippen LogP contribution in [0.2, 0.25) is 10.0 Å². The first kappa shape index (κ1) is 49.5. The molecule has 0 aliphatic heterocycles. The molecule has 5 aromatic heterocycles. The Hall–Kier alpha value is -7.51. The molecule has 20 heteroatoms. The number of nitrogens with zero attached hydrogens (tertiary/aromatic N) is 7. The predicted octanol–water partition coefficient (Wildman–Crippen LogP) is 11.6. The first-order valence-electron chi connectivity index (χ1n) is 22.3. The largest absolute Gasteiger partial charge is 0.487 e. The molecule has 14 nitrogen and oxygen atoms in total. The maximum absolute atomic E-state index is 13.4. The zero-order valence-corrected chi connectivity index (χ0v) is 41.7. The smallest absolute Gasteiger partial charge is 0.325 e. The number of thiophene rings is 2. The van der Waals surface area contributed by atoms with E-state index >= 15 is 0 Å². The fourth-order valence-corrected chi connectivity index (χ4v) is 11.1. The number of ketones is 1. The van der Waals surface area contributed by atoms with Gasteiger partial charge in [0.2, 0.25) is 0 Å². The summed E-state index contributed by atoms with van der Waals surface area (Å²) in [6.45, 7) is 0.301. The molecule has 0 saturated heterocycles. The van der Waals surface area contributed by atoms with Gasteiger partial charge in [0.1, 0.15) is 71.0 Å². The number of carbonyl (C=O) groups is 2. The van der Waals surface area contributed by atoms with Gasteiger partial charge in [-0.05, 0) is 102 Å². The second-order valence-corrected chi connectivity index (χ2v) is 19.6. The lowest BCUT2D eigenvalue weighted by Crippen LogP contribution is -2.15. The third-order valence-electron chi connectivity index (χ3n) is 11.4. The number of fused-ring (bicyclic) bond motifs is 8. The maximum Gasteiger partial charge on any atom is 0.325 e. The molecule has 2 aliphatic carbocycles. The average molecular weight is 1050 g/mol. The van der Waals surface area contributed by atoms with Gasteiger partial charge in [-0.15, -0.1) is 22.7 Å². The predicted molar refractivity (Wildman–Crippen MR) is 278 cm³/mol. The van der Waals surface area contributed by atoms with Crippen molar-refractivity contribution < 1.29 is 33.0 Å². The number of hydrogen-bond acceptors (Lipinski definition) is 14. The molecular weight excluding hydrogens is 1000 g/mol. The highest BCUT2D eigenvalue weighted by Crippen LogP contribution is 2.46. The first-order valence-corrected chi connectivity index (χ1v) is 24.7. The molecule has 72 heavy (non-hydrogen) atoms. The number of anilines is 3. The highest BCUT2D eigenvalue weighted by atomic mass is 35.5. The Labute approximate surface area is 429 Å². The van der Waals surface area contributed by atoms with Crippen LogP contribution in [0.25, 0.3) is 36.4 Å². The molecule has 0 saturated carbocycles. The van der Waals surface area contributed by atoms with Crippen molar-refractivity contribution in [1.82, 2.24) is 34.6 Å². The number of aliphatic carboxylic acids is 1. The van der Waals surface area contributed by atoms with Gasteiger partial charge >= 0.3 is 5.97 Å². The highest BCUT2D eigenvalue weighted by molar-refractivity contribution is 7.22. The topological polar surface area (TPSA) is 183 Å². The van der Waals surface area contributed by atoms with E-state index in [1.807, 2.05) is 37.5 Å². The fourth-order valence-electron chi connectivity index (χ4n) is 8.20. The number of carboxylic acids is 1. The number of carbonyl (C=O) groups excluding carboxylic acids is 1. The summed E-state index contributed by atoms with van der Waals surface area (Å²) in [4.78, 5) is 46.4. The summed E-state index contributed by atoms with van der Waals surface area (Å²) < 4.78 is 39.2. The van der Waals surface area contributed by atoms with E-state index in [1.165, 1.54) is 36.2 Å². The molecule has 9 aromatic rings. The summed E-state index contributed by atoms with van der Waals surface area (Å²) in [6.07, 6.45) is 11.3. The van der Waals surface area contributed by atoms with Crippen LogP contribution in [0, 0.1) is 11.6 Å². The standard InChI is InChI=1S/C26H19ClFN5O3S.C13H11ClFNO.C13H13N3OS/c27-19-9-16(4-7-21(19)36-12-14-2-1-3-15(28)8-14)32-25-23-17-5-6-20-18(10-31-33(20)11-22(34)35)24(17)37-26(23)30-13-29-25;14-12-7-11(16)4-5-13(12)17-8-9-2-1-3-10(15)6-9;1-16(2)6-10-11(17)4-3-8-9-5-14-7-15-13(9)18-12(8)10/h1-4,7-10,13H,5-6,11-12H2,(H,34,35)(H,29,30,32);1-7H,8,16H2;5-7H,3-4H2,1-2H3. The SMILES string of the molecule is CN(C)C=C1C(=O)CCc2c1sc1ncncc21.Nc1ccc(OCc2cccc(F)c2)c(Cl)c1.O=C(O)Cn1ncc2c1CCc1c-2sc2ncnc(Nc3ccc(OCc4cccc(F)c4)c(Cl)c3)c12. The number of ether oxygens (including phenoxy) is 2. The minimum atomic E-state index is -0.922. The van der Waals surface area contributed by atoms with Gasteiger partial charge in [0.05, 0.1) is 27.2 Å². The van der Waals surface area contributed by atoms with E-state index in [2.05, 4.69) is 30.4 Å². The molecule has 4 aromatic carbocycles. The number of allylic oxidation sites excluding steroid dienone is 1. The minimum Gasteiger partial charge on any atom is -0.487 e. The summed E-state index contributed by atoms with van der Waals surface area (Å²) in [7, 11) is 3.86. The van der Waals surface area contributed by atoms with Crippen molar-refractivity contribution in [1.29, 1.82) is 0 Å². The second-order valence-electron chi connectivity index (χ2n) is 16.7. The van der Waals surface area contributed by atoms with Crippen molar-refractivity contribution in [2.75, 3.05) is 25.1 Å². The van der Waals surface area contributed by atoms with E-state index in [4.69, 9.17) is 38.4 Å². The van der Waals surface area contributed by atoms with Crippen LogP contribution in [0.5, 0.6) is 11.5 Å². The lowest BCUT2D eigenvalue weighted by atomic mass is 9.92.